The Morgan fingerprint density at radius 1 is 1.38 bits per heavy atom. The maximum absolute atomic E-state index is 5.47. The van der Waals surface area contributed by atoms with Crippen molar-refractivity contribution in [3.05, 3.63) is 53.7 Å². The molecule has 0 saturated carbocycles. The summed E-state index contributed by atoms with van der Waals surface area (Å²) in [5.41, 5.74) is 2.20. The Balaban J connectivity index is 2.37. The second-order valence-corrected chi connectivity index (χ2v) is 3.68. The van der Waals surface area contributed by atoms with Crippen molar-refractivity contribution >= 4 is 0 Å². The lowest BCUT2D eigenvalue weighted by Gasteiger charge is -2.17. The van der Waals surface area contributed by atoms with Gasteiger partial charge in [-0.15, -0.1) is 0 Å². The summed E-state index contributed by atoms with van der Waals surface area (Å²) >= 11 is 0. The van der Waals surface area contributed by atoms with Crippen LogP contribution in [-0.2, 0) is 0 Å². The topological polar surface area (TPSA) is 38.1 Å². The fourth-order valence-corrected chi connectivity index (χ4v) is 1.83. The van der Waals surface area contributed by atoms with Crippen LogP contribution in [0.15, 0.2) is 41.1 Å². The highest BCUT2D eigenvalue weighted by Crippen LogP contribution is 2.23. The second kappa shape index (κ2) is 4.94. The second-order valence-electron chi connectivity index (χ2n) is 3.68. The summed E-state index contributed by atoms with van der Waals surface area (Å²) < 4.78 is 5.47. The third-order valence-electron chi connectivity index (χ3n) is 2.59. The molecular formula is C13H16N2O. The molecule has 0 spiro atoms. The van der Waals surface area contributed by atoms with Crippen LogP contribution in [0.1, 0.15) is 30.0 Å². The van der Waals surface area contributed by atoms with Gasteiger partial charge in [0, 0.05) is 11.9 Å². The van der Waals surface area contributed by atoms with Gasteiger partial charge < -0.3 is 9.73 Å². The first kappa shape index (κ1) is 10.9. The normalized spacial score (nSPS) is 12.6. The Morgan fingerprint density at radius 3 is 2.88 bits per heavy atom. The van der Waals surface area contributed by atoms with Gasteiger partial charge in [0.05, 0.1) is 12.3 Å². The third kappa shape index (κ3) is 2.14. The maximum atomic E-state index is 5.47. The molecule has 1 N–H and O–H groups in total. The van der Waals surface area contributed by atoms with Crippen LogP contribution in [0, 0.1) is 6.92 Å². The van der Waals surface area contributed by atoms with Crippen LogP contribution in [0.25, 0.3) is 0 Å². The molecule has 84 valence electrons. The smallest absolute Gasteiger partial charge is 0.125 e. The molecule has 3 heteroatoms. The summed E-state index contributed by atoms with van der Waals surface area (Å²) in [6.45, 7) is 4.99. The zero-order chi connectivity index (χ0) is 11.4. The summed E-state index contributed by atoms with van der Waals surface area (Å²) in [6, 6.07) is 8.02. The van der Waals surface area contributed by atoms with Crippen molar-refractivity contribution in [3.8, 4) is 0 Å². The Bertz CT molecular complexity index is 437. The molecule has 2 heterocycles. The highest BCUT2D eigenvalue weighted by atomic mass is 16.3. The average molecular weight is 216 g/mol. The van der Waals surface area contributed by atoms with Crippen LogP contribution in [-0.4, -0.2) is 11.5 Å². The third-order valence-corrected chi connectivity index (χ3v) is 2.59. The summed E-state index contributed by atoms with van der Waals surface area (Å²) in [5.74, 6) is 0.929. The SMILES string of the molecule is CCNC(c1ccco1)c1cccnc1C. The van der Waals surface area contributed by atoms with Gasteiger partial charge in [-0.1, -0.05) is 13.0 Å². The van der Waals surface area contributed by atoms with E-state index in [-0.39, 0.29) is 6.04 Å². The molecular weight excluding hydrogens is 200 g/mol. The molecule has 0 aliphatic heterocycles. The number of pyridine rings is 1. The predicted molar refractivity (Wildman–Crippen MR) is 63.2 cm³/mol. The number of aromatic nitrogens is 1. The van der Waals surface area contributed by atoms with E-state index in [0.29, 0.717) is 0 Å². The van der Waals surface area contributed by atoms with Crippen LogP contribution < -0.4 is 5.32 Å². The minimum absolute atomic E-state index is 0.0914. The zero-order valence-corrected chi connectivity index (χ0v) is 9.60. The van der Waals surface area contributed by atoms with E-state index >= 15 is 0 Å². The van der Waals surface area contributed by atoms with E-state index in [0.717, 1.165) is 18.0 Å². The van der Waals surface area contributed by atoms with Gasteiger partial charge >= 0.3 is 0 Å². The lowest BCUT2D eigenvalue weighted by Crippen LogP contribution is -2.22. The van der Waals surface area contributed by atoms with Crippen LogP contribution in [0.3, 0.4) is 0 Å². The Hall–Kier alpha value is -1.61. The van der Waals surface area contributed by atoms with Gasteiger partial charge in [0.15, 0.2) is 0 Å². The van der Waals surface area contributed by atoms with Gasteiger partial charge in [-0.2, -0.15) is 0 Å². The van der Waals surface area contributed by atoms with Gasteiger partial charge in [-0.25, -0.2) is 0 Å². The van der Waals surface area contributed by atoms with E-state index < -0.39 is 0 Å². The first-order chi connectivity index (χ1) is 7.83. The Morgan fingerprint density at radius 2 is 2.25 bits per heavy atom. The predicted octanol–water partition coefficient (Wildman–Crippen LogP) is 2.68. The monoisotopic (exact) mass is 216 g/mol. The van der Waals surface area contributed by atoms with Crippen molar-refractivity contribution in [2.75, 3.05) is 6.54 Å². The van der Waals surface area contributed by atoms with Gasteiger partial charge in [0.1, 0.15) is 5.76 Å². The number of hydrogen-bond acceptors (Lipinski definition) is 3. The van der Waals surface area contributed by atoms with Gasteiger partial charge in [-0.3, -0.25) is 4.98 Å². The molecule has 2 rings (SSSR count). The maximum Gasteiger partial charge on any atom is 0.125 e. The van der Waals surface area contributed by atoms with Crippen molar-refractivity contribution in [2.24, 2.45) is 0 Å². The molecule has 3 nitrogen and oxygen atoms in total. The summed E-state index contributed by atoms with van der Waals surface area (Å²) in [5, 5.41) is 3.41. The van der Waals surface area contributed by atoms with Crippen molar-refractivity contribution in [3.63, 3.8) is 0 Å². The minimum atomic E-state index is 0.0914. The lowest BCUT2D eigenvalue weighted by molar-refractivity contribution is 0.450. The fourth-order valence-electron chi connectivity index (χ4n) is 1.83. The summed E-state index contributed by atoms with van der Waals surface area (Å²) in [7, 11) is 0. The number of hydrogen-bond donors (Lipinski definition) is 1. The molecule has 0 saturated heterocycles. The van der Waals surface area contributed by atoms with Crippen LogP contribution >= 0.6 is 0 Å². The number of nitrogens with zero attached hydrogens (tertiary/aromatic N) is 1. The molecule has 0 radical (unpaired) electrons. The largest absolute Gasteiger partial charge is 0.467 e. The van der Waals surface area contributed by atoms with Gasteiger partial charge in [0.25, 0.3) is 0 Å². The van der Waals surface area contributed by atoms with Crippen molar-refractivity contribution in [2.45, 2.75) is 19.9 Å². The lowest BCUT2D eigenvalue weighted by atomic mass is 10.0. The van der Waals surface area contributed by atoms with Gasteiger partial charge in [0.2, 0.25) is 0 Å². The molecule has 0 aliphatic carbocycles. The van der Waals surface area contributed by atoms with E-state index in [1.807, 2.05) is 31.3 Å². The van der Waals surface area contributed by atoms with Crippen LogP contribution in [0.2, 0.25) is 0 Å². The van der Waals surface area contributed by atoms with Crippen molar-refractivity contribution in [1.29, 1.82) is 0 Å². The quantitative estimate of drug-likeness (QED) is 0.853. The van der Waals surface area contributed by atoms with E-state index in [1.165, 1.54) is 5.56 Å². The Labute approximate surface area is 95.5 Å². The van der Waals surface area contributed by atoms with Crippen molar-refractivity contribution in [1.82, 2.24) is 10.3 Å². The first-order valence-electron chi connectivity index (χ1n) is 5.51. The molecule has 1 atom stereocenters. The number of furan rings is 1. The van der Waals surface area contributed by atoms with E-state index in [9.17, 15) is 0 Å². The molecule has 0 amide bonds. The van der Waals surface area contributed by atoms with E-state index in [2.05, 4.69) is 23.3 Å². The number of aryl methyl sites for hydroxylation is 1. The minimum Gasteiger partial charge on any atom is -0.467 e. The van der Waals surface area contributed by atoms with Crippen LogP contribution in [0.5, 0.6) is 0 Å². The molecule has 0 aromatic carbocycles. The van der Waals surface area contributed by atoms with Gasteiger partial charge in [-0.05, 0) is 37.2 Å². The average Bonchev–Trinajstić information content (AvgIpc) is 2.80. The zero-order valence-electron chi connectivity index (χ0n) is 9.60. The molecule has 16 heavy (non-hydrogen) atoms. The molecule has 0 fully saturated rings. The highest BCUT2D eigenvalue weighted by Gasteiger charge is 2.17. The number of nitrogens with one attached hydrogen (secondary N) is 1. The van der Waals surface area contributed by atoms with Crippen LogP contribution in [0.4, 0.5) is 0 Å². The van der Waals surface area contributed by atoms with E-state index in [1.54, 1.807) is 6.26 Å². The summed E-state index contributed by atoms with van der Waals surface area (Å²) in [6.07, 6.45) is 3.51. The standard InChI is InChI=1S/C13H16N2O/c1-3-14-13(12-7-5-9-16-12)11-6-4-8-15-10(11)2/h4-9,13-14H,3H2,1-2H3. The molecule has 2 aromatic rings. The first-order valence-corrected chi connectivity index (χ1v) is 5.51. The summed E-state index contributed by atoms with van der Waals surface area (Å²) in [4.78, 5) is 4.31. The number of rotatable bonds is 4. The molecule has 2 aromatic heterocycles. The van der Waals surface area contributed by atoms with E-state index in [4.69, 9.17) is 4.42 Å². The molecule has 0 aliphatic rings. The Kier molecular flexibility index (Phi) is 3.37. The van der Waals surface area contributed by atoms with Crippen molar-refractivity contribution < 1.29 is 4.42 Å². The highest BCUT2D eigenvalue weighted by molar-refractivity contribution is 5.29. The molecule has 1 unspecified atom stereocenters. The molecule has 0 bridgehead atoms. The fraction of sp³-hybridized carbons (Fsp3) is 0.308.